The molecule has 0 bridgehead atoms. The first-order chi connectivity index (χ1) is 25.3. The van der Waals surface area contributed by atoms with Crippen LogP contribution in [-0.2, 0) is 14.9 Å². The monoisotopic (exact) mass is 772 g/mol. The molecule has 0 atom stereocenters. The number of phenolic OH excluding ortho intramolecular Hbond substituents is 1. The van der Waals surface area contributed by atoms with Crippen LogP contribution in [0.2, 0.25) is 0 Å². The zero-order valence-corrected chi connectivity index (χ0v) is 34.5. The average Bonchev–Trinajstić information content (AvgIpc) is 3.32. The number of halogens is 2. The Morgan fingerprint density at radius 1 is 0.491 bits per heavy atom. The van der Waals surface area contributed by atoms with Gasteiger partial charge in [0.2, 0.25) is 0 Å². The average molecular weight is 774 g/mol. The molecule has 0 aliphatic heterocycles. The number of allylic oxidation sites excluding steroid dienone is 4. The number of aromatic hydroxyl groups is 1. The molecule has 0 fully saturated rings. The SMILES string of the molecule is CC1=C(C)C(C)(C)[C]([Ti]([Cl])([Cl])[O]c2c(-c3ccccc3)cc(C)cc2-c2ccccc2)=C1C.Cc1cc(-c2ccccc2)c(O)c(-c2ccccc2)c1. The van der Waals surface area contributed by atoms with E-state index in [1.807, 2.05) is 109 Å². The Morgan fingerprint density at radius 3 is 1.13 bits per heavy atom. The zero-order valence-electron chi connectivity index (χ0n) is 31.5. The van der Waals surface area contributed by atoms with Crippen molar-refractivity contribution in [3.05, 3.63) is 177 Å². The number of hydrogen-bond acceptors (Lipinski definition) is 2. The molecule has 0 unspecified atom stereocenters. The molecule has 6 aromatic carbocycles. The summed E-state index contributed by atoms with van der Waals surface area (Å²) in [4.78, 5) is 0. The maximum atomic E-state index is 10.6. The second kappa shape index (κ2) is 16.0. The summed E-state index contributed by atoms with van der Waals surface area (Å²) in [5, 5.41) is 10.6. The van der Waals surface area contributed by atoms with Crippen LogP contribution < -0.4 is 3.32 Å². The van der Waals surface area contributed by atoms with Crippen molar-refractivity contribution in [1.29, 1.82) is 0 Å². The largest absolute Gasteiger partial charge is 0.507 e. The van der Waals surface area contributed by atoms with Crippen LogP contribution in [0.15, 0.2) is 166 Å². The van der Waals surface area contributed by atoms with Gasteiger partial charge >= 0.3 is 211 Å². The molecule has 0 spiro atoms. The van der Waals surface area contributed by atoms with E-state index in [-0.39, 0.29) is 5.41 Å². The number of hydrogen-bond donors (Lipinski definition) is 1. The van der Waals surface area contributed by atoms with Crippen molar-refractivity contribution in [3.8, 4) is 56.0 Å². The van der Waals surface area contributed by atoms with Crippen LogP contribution in [-0.4, -0.2) is 5.11 Å². The Labute approximate surface area is 327 Å². The summed E-state index contributed by atoms with van der Waals surface area (Å²) in [5.74, 6) is 1.11. The van der Waals surface area contributed by atoms with E-state index in [4.69, 9.17) is 21.9 Å². The number of aryl methyl sites for hydroxylation is 2. The fourth-order valence-corrected chi connectivity index (χ4v) is 14.4. The number of benzene rings is 6. The summed E-state index contributed by atoms with van der Waals surface area (Å²) >= 11 is -4.00. The van der Waals surface area contributed by atoms with Gasteiger partial charge in [-0.15, -0.1) is 0 Å². The van der Waals surface area contributed by atoms with Crippen LogP contribution in [0.4, 0.5) is 0 Å². The van der Waals surface area contributed by atoms with Crippen molar-refractivity contribution in [2.24, 2.45) is 5.41 Å². The fourth-order valence-electron chi connectivity index (χ4n) is 7.36. The Balaban J connectivity index is 0.000000204. The standard InChI is InChI=1S/2C19H16O.C10H15.2ClH.Ti/c2*1-14-12-17(15-8-4-2-5-9-15)19(20)18(13-14)16-10-6-3-7-11-16;1-7-6-10(4,5)9(3)8(7)2;;;/h2*2-13,20H,1H3;1-5H3;2*1H;/q;;;;;+3/p-3. The normalized spacial score (nSPS) is 13.8. The maximum Gasteiger partial charge on any atom is 0.131 e. The molecule has 0 heterocycles. The van der Waals surface area contributed by atoms with Gasteiger partial charge in [-0.2, -0.15) is 0 Å². The van der Waals surface area contributed by atoms with Crippen LogP contribution in [0, 0.1) is 19.3 Å². The van der Waals surface area contributed by atoms with Crippen LogP contribution in [0.5, 0.6) is 11.5 Å². The van der Waals surface area contributed by atoms with Gasteiger partial charge < -0.3 is 5.11 Å². The molecular weight excluding hydrogens is 727 g/mol. The smallest absolute Gasteiger partial charge is 0.131 e. The Bertz CT molecular complexity index is 2170. The third-order valence-electron chi connectivity index (χ3n) is 10.4. The molecule has 6 aromatic rings. The van der Waals surface area contributed by atoms with Gasteiger partial charge in [-0.25, -0.2) is 0 Å². The van der Waals surface area contributed by atoms with E-state index in [0.717, 1.165) is 65.3 Å². The maximum absolute atomic E-state index is 10.6. The van der Waals surface area contributed by atoms with E-state index in [1.165, 1.54) is 16.7 Å². The molecule has 0 saturated carbocycles. The van der Waals surface area contributed by atoms with E-state index in [9.17, 15) is 5.11 Å². The predicted molar refractivity (Wildman–Crippen MR) is 223 cm³/mol. The number of phenols is 1. The van der Waals surface area contributed by atoms with Gasteiger partial charge in [0.25, 0.3) is 0 Å². The van der Waals surface area contributed by atoms with E-state index in [2.05, 4.69) is 84.9 Å². The van der Waals surface area contributed by atoms with E-state index in [0.29, 0.717) is 5.75 Å². The van der Waals surface area contributed by atoms with Gasteiger partial charge in [0.15, 0.2) is 0 Å². The Hall–Kier alpha value is -4.31. The van der Waals surface area contributed by atoms with Crippen molar-refractivity contribution in [2.75, 3.05) is 0 Å². The third-order valence-corrected chi connectivity index (χ3v) is 15.8. The van der Waals surface area contributed by atoms with Crippen molar-refractivity contribution in [2.45, 2.75) is 48.5 Å². The summed E-state index contributed by atoms with van der Waals surface area (Å²) in [6.45, 7) is 15.0. The second-order valence-electron chi connectivity index (χ2n) is 14.4. The van der Waals surface area contributed by atoms with Crippen LogP contribution in [0.3, 0.4) is 0 Å². The van der Waals surface area contributed by atoms with Gasteiger partial charge in [-0.3, -0.25) is 0 Å². The minimum Gasteiger partial charge on any atom is -0.507 e. The van der Waals surface area contributed by atoms with Crippen molar-refractivity contribution < 1.29 is 23.3 Å². The van der Waals surface area contributed by atoms with E-state index >= 15 is 0 Å². The molecule has 0 saturated heterocycles. The van der Waals surface area contributed by atoms with Gasteiger partial charge in [-0.1, -0.05) is 60.7 Å². The summed E-state index contributed by atoms with van der Waals surface area (Å²) in [6, 6.07) is 49.0. The van der Waals surface area contributed by atoms with Gasteiger partial charge in [0.05, 0.1) is 0 Å². The van der Waals surface area contributed by atoms with Crippen LogP contribution >= 0.6 is 18.6 Å². The summed E-state index contributed by atoms with van der Waals surface area (Å²) in [6.07, 6.45) is 0. The molecule has 2 nitrogen and oxygen atoms in total. The summed E-state index contributed by atoms with van der Waals surface area (Å²) in [5.41, 5.74) is 13.9. The van der Waals surface area contributed by atoms with Gasteiger partial charge in [0.1, 0.15) is 5.75 Å². The van der Waals surface area contributed by atoms with Crippen molar-refractivity contribution >= 4 is 18.6 Å². The summed E-state index contributed by atoms with van der Waals surface area (Å²) in [7, 11) is 14.6. The molecule has 5 heteroatoms. The van der Waals surface area contributed by atoms with Crippen molar-refractivity contribution in [1.82, 2.24) is 0 Å². The first-order valence-electron chi connectivity index (χ1n) is 18.0. The van der Waals surface area contributed by atoms with Crippen LogP contribution in [0.25, 0.3) is 44.5 Å². The third kappa shape index (κ3) is 8.13. The molecule has 1 N–H and O–H groups in total. The first kappa shape index (κ1) is 38.4. The molecule has 7 rings (SSSR count). The topological polar surface area (TPSA) is 29.5 Å². The zero-order chi connectivity index (χ0) is 37.9. The predicted octanol–water partition coefficient (Wildman–Crippen LogP) is 14.8. The Kier molecular flexibility index (Phi) is 11.6. The minimum atomic E-state index is -4.00. The van der Waals surface area contributed by atoms with Gasteiger partial charge in [0, 0.05) is 11.1 Å². The quantitative estimate of drug-likeness (QED) is 0.164. The summed E-state index contributed by atoms with van der Waals surface area (Å²) < 4.78 is 7.93. The molecule has 0 amide bonds. The molecule has 1 aliphatic rings. The molecule has 268 valence electrons. The van der Waals surface area contributed by atoms with E-state index in [1.54, 1.807) is 0 Å². The van der Waals surface area contributed by atoms with Gasteiger partial charge in [-0.05, 0) is 35.7 Å². The fraction of sp³-hybridized carbons (Fsp3) is 0.167. The number of rotatable bonds is 7. The van der Waals surface area contributed by atoms with E-state index < -0.39 is 14.9 Å². The molecular formula is C48H46Cl2O2Ti. The van der Waals surface area contributed by atoms with Crippen LogP contribution in [0.1, 0.15) is 45.7 Å². The molecule has 0 radical (unpaired) electrons. The minimum absolute atomic E-state index is 0.220. The first-order valence-corrected chi connectivity index (χ1v) is 23.7. The molecule has 1 aliphatic carbocycles. The van der Waals surface area contributed by atoms with Crippen molar-refractivity contribution in [3.63, 3.8) is 0 Å². The second-order valence-corrected chi connectivity index (χ2v) is 22.3. The Morgan fingerprint density at radius 2 is 0.811 bits per heavy atom. The molecule has 53 heavy (non-hydrogen) atoms. The molecule has 0 aromatic heterocycles.